The van der Waals surface area contributed by atoms with Crippen LogP contribution in [0.5, 0.6) is 5.75 Å². The summed E-state index contributed by atoms with van der Waals surface area (Å²) >= 11 is 3.32. The standard InChI is InChI=1S/C12H15BrFNO2/c1-3-4-10-11(15-16-2)8-5-7(14)6-9(13)12(8)17-10/h5-6,10-11,15H,3-4H2,1-2H3. The Morgan fingerprint density at radius 1 is 1.53 bits per heavy atom. The number of hydrogen-bond acceptors (Lipinski definition) is 3. The maximum Gasteiger partial charge on any atom is 0.139 e. The third-order valence-corrected chi connectivity index (χ3v) is 3.42. The molecule has 1 aliphatic rings. The van der Waals surface area contributed by atoms with Crippen molar-refractivity contribution in [2.45, 2.75) is 31.9 Å². The van der Waals surface area contributed by atoms with Crippen LogP contribution in [0, 0.1) is 5.82 Å². The molecule has 0 saturated heterocycles. The molecule has 0 radical (unpaired) electrons. The Kier molecular flexibility index (Phi) is 4.01. The van der Waals surface area contributed by atoms with Crippen LogP contribution in [0.15, 0.2) is 16.6 Å². The summed E-state index contributed by atoms with van der Waals surface area (Å²) in [6.45, 7) is 2.09. The van der Waals surface area contributed by atoms with E-state index in [4.69, 9.17) is 9.57 Å². The molecule has 2 rings (SSSR count). The van der Waals surface area contributed by atoms with Crippen molar-refractivity contribution in [2.75, 3.05) is 7.11 Å². The predicted octanol–water partition coefficient (Wildman–Crippen LogP) is 3.34. The molecule has 0 fully saturated rings. The summed E-state index contributed by atoms with van der Waals surface area (Å²) in [5, 5.41) is 0. The van der Waals surface area contributed by atoms with Crippen LogP contribution in [-0.4, -0.2) is 13.2 Å². The van der Waals surface area contributed by atoms with E-state index in [0.717, 1.165) is 18.4 Å². The van der Waals surface area contributed by atoms with Gasteiger partial charge in [-0.3, -0.25) is 0 Å². The smallest absolute Gasteiger partial charge is 0.139 e. The molecule has 2 atom stereocenters. The number of rotatable bonds is 4. The molecule has 3 nitrogen and oxygen atoms in total. The van der Waals surface area contributed by atoms with Crippen LogP contribution in [0.1, 0.15) is 31.4 Å². The second-order valence-corrected chi connectivity index (χ2v) is 4.90. The van der Waals surface area contributed by atoms with Crippen molar-refractivity contribution >= 4 is 15.9 Å². The van der Waals surface area contributed by atoms with Crippen LogP contribution in [0.25, 0.3) is 0 Å². The molecular weight excluding hydrogens is 289 g/mol. The Bertz CT molecular complexity index is 414. The Morgan fingerprint density at radius 3 is 2.94 bits per heavy atom. The predicted molar refractivity (Wildman–Crippen MR) is 66.3 cm³/mol. The van der Waals surface area contributed by atoms with Gasteiger partial charge < -0.3 is 9.57 Å². The fraction of sp³-hybridized carbons (Fsp3) is 0.500. The van der Waals surface area contributed by atoms with Crippen LogP contribution in [-0.2, 0) is 4.84 Å². The van der Waals surface area contributed by atoms with E-state index in [-0.39, 0.29) is 18.0 Å². The molecule has 0 bridgehead atoms. The highest BCUT2D eigenvalue weighted by Crippen LogP contribution is 2.43. The van der Waals surface area contributed by atoms with Crippen LogP contribution in [0.4, 0.5) is 4.39 Å². The quantitative estimate of drug-likeness (QED) is 0.865. The maximum absolute atomic E-state index is 13.4. The van der Waals surface area contributed by atoms with Gasteiger partial charge in [0.15, 0.2) is 0 Å². The first-order valence-electron chi connectivity index (χ1n) is 5.61. The molecule has 1 aliphatic heterocycles. The molecule has 1 heterocycles. The first kappa shape index (κ1) is 12.8. The molecular formula is C12H15BrFNO2. The molecule has 0 aromatic heterocycles. The topological polar surface area (TPSA) is 30.5 Å². The number of nitrogens with one attached hydrogen (secondary N) is 1. The third kappa shape index (κ3) is 2.46. The van der Waals surface area contributed by atoms with E-state index in [1.807, 2.05) is 0 Å². The average Bonchev–Trinajstić information content (AvgIpc) is 2.59. The first-order valence-corrected chi connectivity index (χ1v) is 6.40. The van der Waals surface area contributed by atoms with Gasteiger partial charge in [-0.15, -0.1) is 0 Å². The van der Waals surface area contributed by atoms with Crippen molar-refractivity contribution in [3.8, 4) is 5.75 Å². The Hall–Kier alpha value is -0.650. The average molecular weight is 304 g/mol. The largest absolute Gasteiger partial charge is 0.487 e. The van der Waals surface area contributed by atoms with Gasteiger partial charge in [-0.25, -0.2) is 4.39 Å². The van der Waals surface area contributed by atoms with Crippen LogP contribution in [0.3, 0.4) is 0 Å². The van der Waals surface area contributed by atoms with Crippen molar-refractivity contribution < 1.29 is 14.0 Å². The summed E-state index contributed by atoms with van der Waals surface area (Å²) in [6.07, 6.45) is 1.87. The second-order valence-electron chi connectivity index (χ2n) is 4.05. The summed E-state index contributed by atoms with van der Waals surface area (Å²) in [4.78, 5) is 4.97. The zero-order valence-corrected chi connectivity index (χ0v) is 11.4. The lowest BCUT2D eigenvalue weighted by Gasteiger charge is -2.18. The Balaban J connectivity index is 2.35. The van der Waals surface area contributed by atoms with Crippen molar-refractivity contribution in [1.82, 2.24) is 5.48 Å². The van der Waals surface area contributed by atoms with Gasteiger partial charge in [0.25, 0.3) is 0 Å². The number of ether oxygens (including phenoxy) is 1. The lowest BCUT2D eigenvalue weighted by Crippen LogP contribution is -2.30. The zero-order valence-electron chi connectivity index (χ0n) is 9.80. The normalized spacial score (nSPS) is 22.4. The molecule has 1 aromatic carbocycles. The van der Waals surface area contributed by atoms with Crippen molar-refractivity contribution in [2.24, 2.45) is 0 Å². The number of halogens is 2. The monoisotopic (exact) mass is 303 g/mol. The minimum absolute atomic E-state index is 0.0203. The molecule has 0 aliphatic carbocycles. The summed E-state index contributed by atoms with van der Waals surface area (Å²) in [5.74, 6) is 0.429. The van der Waals surface area contributed by atoms with Crippen LogP contribution < -0.4 is 10.2 Å². The van der Waals surface area contributed by atoms with Gasteiger partial charge in [0.1, 0.15) is 17.7 Å². The van der Waals surface area contributed by atoms with E-state index in [1.54, 1.807) is 7.11 Å². The number of hydrogen-bond donors (Lipinski definition) is 1. The highest BCUT2D eigenvalue weighted by Gasteiger charge is 2.35. The number of hydroxylamine groups is 1. The van der Waals surface area contributed by atoms with Crippen molar-refractivity contribution in [1.29, 1.82) is 0 Å². The van der Waals surface area contributed by atoms with Gasteiger partial charge >= 0.3 is 0 Å². The molecule has 0 spiro atoms. The van der Waals surface area contributed by atoms with Crippen molar-refractivity contribution in [3.63, 3.8) is 0 Å². The summed E-state index contributed by atoms with van der Waals surface area (Å²) in [7, 11) is 1.55. The molecule has 17 heavy (non-hydrogen) atoms. The van der Waals surface area contributed by atoms with Gasteiger partial charge in [0, 0.05) is 5.56 Å². The molecule has 0 saturated carbocycles. The van der Waals surface area contributed by atoms with E-state index in [9.17, 15) is 4.39 Å². The minimum atomic E-state index is -0.278. The second kappa shape index (κ2) is 5.33. The van der Waals surface area contributed by atoms with E-state index < -0.39 is 0 Å². The summed E-state index contributed by atoms with van der Waals surface area (Å²) in [6, 6.07) is 2.78. The van der Waals surface area contributed by atoms with Gasteiger partial charge in [0.2, 0.25) is 0 Å². The van der Waals surface area contributed by atoms with Crippen LogP contribution >= 0.6 is 15.9 Å². The number of fused-ring (bicyclic) bond motifs is 1. The third-order valence-electron chi connectivity index (χ3n) is 2.83. The van der Waals surface area contributed by atoms with E-state index >= 15 is 0 Å². The molecule has 1 N–H and O–H groups in total. The zero-order chi connectivity index (χ0) is 12.4. The number of benzene rings is 1. The fourth-order valence-electron chi connectivity index (χ4n) is 2.13. The SMILES string of the molecule is CCCC1Oc2c(Br)cc(F)cc2C1NOC. The lowest BCUT2D eigenvalue weighted by molar-refractivity contribution is 0.0268. The molecule has 0 amide bonds. The Morgan fingerprint density at radius 2 is 2.29 bits per heavy atom. The summed E-state index contributed by atoms with van der Waals surface area (Å²) in [5.41, 5.74) is 3.68. The highest BCUT2D eigenvalue weighted by atomic mass is 79.9. The maximum atomic E-state index is 13.4. The van der Waals surface area contributed by atoms with Gasteiger partial charge in [-0.05, 0) is 34.5 Å². The molecule has 2 unspecified atom stereocenters. The van der Waals surface area contributed by atoms with E-state index in [0.29, 0.717) is 10.2 Å². The fourth-order valence-corrected chi connectivity index (χ4v) is 2.67. The van der Waals surface area contributed by atoms with Gasteiger partial charge in [-0.2, -0.15) is 5.48 Å². The first-order chi connectivity index (χ1) is 8.17. The minimum Gasteiger partial charge on any atom is -0.487 e. The molecule has 5 heteroatoms. The van der Waals surface area contributed by atoms with Crippen molar-refractivity contribution in [3.05, 3.63) is 28.0 Å². The molecule has 1 aromatic rings. The van der Waals surface area contributed by atoms with Gasteiger partial charge in [0.05, 0.1) is 17.6 Å². The molecule has 94 valence electrons. The van der Waals surface area contributed by atoms with Crippen LogP contribution in [0.2, 0.25) is 0 Å². The van der Waals surface area contributed by atoms with Gasteiger partial charge in [-0.1, -0.05) is 13.3 Å². The Labute approximate surface area is 108 Å². The van der Waals surface area contributed by atoms with E-state index in [2.05, 4.69) is 28.3 Å². The highest BCUT2D eigenvalue weighted by molar-refractivity contribution is 9.10. The summed E-state index contributed by atoms with van der Waals surface area (Å²) < 4.78 is 19.9. The lowest BCUT2D eigenvalue weighted by atomic mass is 10.0. The van der Waals surface area contributed by atoms with E-state index in [1.165, 1.54) is 12.1 Å².